The normalized spacial score (nSPS) is 24.9. The average Bonchev–Trinajstić information content (AvgIpc) is 2.91. The molecular weight excluding hydrogens is 300 g/mol. The van der Waals surface area contributed by atoms with Gasteiger partial charge in [0.1, 0.15) is 0 Å². The van der Waals surface area contributed by atoms with Crippen molar-refractivity contribution in [1.29, 1.82) is 0 Å². The van der Waals surface area contributed by atoms with Gasteiger partial charge in [-0.1, -0.05) is 0 Å². The largest absolute Gasteiger partial charge is 0.453 e. The fourth-order valence-electron chi connectivity index (χ4n) is 3.44. The number of carbonyl (C=O) groups is 1. The van der Waals surface area contributed by atoms with E-state index in [9.17, 15) is 4.79 Å². The summed E-state index contributed by atoms with van der Waals surface area (Å²) in [5.74, 6) is 0. The number of aryl methyl sites for hydroxylation is 1. The standard InChI is InChI=1S/C15H24N4O2S/c1-21-15(20)19-7-3-2-4-11(19)9-17-10-5-6-12-13(8-10)22-14(16)18-12/h10-11,17H,2-9H2,1H3,(H2,16,18). The van der Waals surface area contributed by atoms with E-state index in [0.29, 0.717) is 11.2 Å². The van der Waals surface area contributed by atoms with Gasteiger partial charge in [0.25, 0.3) is 0 Å². The minimum atomic E-state index is -0.201. The number of piperidine rings is 1. The van der Waals surface area contributed by atoms with Gasteiger partial charge in [-0.2, -0.15) is 0 Å². The number of hydrogen-bond donors (Lipinski definition) is 2. The van der Waals surface area contributed by atoms with Crippen LogP contribution in [0.2, 0.25) is 0 Å². The van der Waals surface area contributed by atoms with Gasteiger partial charge in [-0.25, -0.2) is 9.78 Å². The molecule has 0 spiro atoms. The molecule has 2 aliphatic rings. The SMILES string of the molecule is COC(=O)N1CCCCC1CNC1CCc2nc(N)sc2C1. The van der Waals surface area contributed by atoms with E-state index >= 15 is 0 Å². The lowest BCUT2D eigenvalue weighted by molar-refractivity contribution is 0.0880. The summed E-state index contributed by atoms with van der Waals surface area (Å²) in [6.45, 7) is 1.64. The highest BCUT2D eigenvalue weighted by Gasteiger charge is 2.29. The van der Waals surface area contributed by atoms with E-state index in [0.717, 1.165) is 45.2 Å². The van der Waals surface area contributed by atoms with Crippen molar-refractivity contribution in [1.82, 2.24) is 15.2 Å². The Morgan fingerprint density at radius 3 is 3.18 bits per heavy atom. The highest BCUT2D eigenvalue weighted by atomic mass is 32.1. The van der Waals surface area contributed by atoms with Gasteiger partial charge in [0.15, 0.2) is 5.13 Å². The van der Waals surface area contributed by atoms with Gasteiger partial charge in [-0.05, 0) is 38.5 Å². The Hall–Kier alpha value is -1.34. The summed E-state index contributed by atoms with van der Waals surface area (Å²) in [6.07, 6.45) is 6.17. The van der Waals surface area contributed by atoms with Crippen molar-refractivity contribution in [3.8, 4) is 0 Å². The van der Waals surface area contributed by atoms with Gasteiger partial charge in [0, 0.05) is 30.1 Å². The summed E-state index contributed by atoms with van der Waals surface area (Å²) in [5, 5.41) is 4.31. The van der Waals surface area contributed by atoms with E-state index in [2.05, 4.69) is 10.3 Å². The van der Waals surface area contributed by atoms with E-state index in [1.54, 1.807) is 11.3 Å². The molecule has 0 bridgehead atoms. The molecule has 7 heteroatoms. The Bertz CT molecular complexity index is 534. The molecule has 3 N–H and O–H groups in total. The zero-order chi connectivity index (χ0) is 15.5. The van der Waals surface area contributed by atoms with Crippen molar-refractivity contribution >= 4 is 22.6 Å². The van der Waals surface area contributed by atoms with Crippen LogP contribution >= 0.6 is 11.3 Å². The number of rotatable bonds is 3. The maximum absolute atomic E-state index is 11.9. The lowest BCUT2D eigenvalue weighted by Gasteiger charge is -2.36. The number of nitrogens with two attached hydrogens (primary N) is 1. The monoisotopic (exact) mass is 324 g/mol. The van der Waals surface area contributed by atoms with Crippen molar-refractivity contribution < 1.29 is 9.53 Å². The maximum atomic E-state index is 11.9. The Kier molecular flexibility index (Phi) is 4.83. The molecule has 0 aromatic carbocycles. The molecule has 1 amide bonds. The van der Waals surface area contributed by atoms with Crippen LogP contribution in [-0.4, -0.2) is 48.3 Å². The quantitative estimate of drug-likeness (QED) is 0.886. The first-order valence-corrected chi connectivity index (χ1v) is 8.81. The molecule has 2 unspecified atom stereocenters. The molecule has 122 valence electrons. The molecule has 2 heterocycles. The number of anilines is 1. The van der Waals surface area contributed by atoms with Crippen molar-refractivity contribution in [2.75, 3.05) is 25.9 Å². The van der Waals surface area contributed by atoms with Crippen LogP contribution < -0.4 is 11.1 Å². The average molecular weight is 324 g/mol. The van der Waals surface area contributed by atoms with E-state index in [-0.39, 0.29) is 12.1 Å². The van der Waals surface area contributed by atoms with Gasteiger partial charge < -0.3 is 20.7 Å². The minimum Gasteiger partial charge on any atom is -0.453 e. The Morgan fingerprint density at radius 1 is 1.50 bits per heavy atom. The number of aromatic nitrogens is 1. The molecule has 6 nitrogen and oxygen atoms in total. The van der Waals surface area contributed by atoms with Crippen molar-refractivity contribution in [2.24, 2.45) is 0 Å². The van der Waals surface area contributed by atoms with Crippen LogP contribution in [0.4, 0.5) is 9.93 Å². The third-order valence-corrected chi connectivity index (χ3v) is 5.58. The molecular formula is C15H24N4O2S. The summed E-state index contributed by atoms with van der Waals surface area (Å²) in [6, 6.07) is 0.697. The first kappa shape index (κ1) is 15.6. The zero-order valence-electron chi connectivity index (χ0n) is 13.0. The van der Waals surface area contributed by atoms with E-state index < -0.39 is 0 Å². The highest BCUT2D eigenvalue weighted by Crippen LogP contribution is 2.28. The lowest BCUT2D eigenvalue weighted by Crippen LogP contribution is -2.50. The van der Waals surface area contributed by atoms with Crippen molar-refractivity contribution in [3.05, 3.63) is 10.6 Å². The Morgan fingerprint density at radius 2 is 2.36 bits per heavy atom. The molecule has 1 aliphatic heterocycles. The first-order chi connectivity index (χ1) is 10.7. The van der Waals surface area contributed by atoms with Gasteiger partial charge in [0.2, 0.25) is 0 Å². The van der Waals surface area contributed by atoms with Gasteiger partial charge in [-0.15, -0.1) is 11.3 Å². The number of nitrogen functional groups attached to an aromatic ring is 1. The fourth-order valence-corrected chi connectivity index (χ4v) is 4.40. The highest BCUT2D eigenvalue weighted by molar-refractivity contribution is 7.15. The first-order valence-electron chi connectivity index (χ1n) is 7.99. The maximum Gasteiger partial charge on any atom is 0.409 e. The van der Waals surface area contributed by atoms with E-state index in [1.807, 2.05) is 4.90 Å². The molecule has 1 saturated heterocycles. The predicted molar refractivity (Wildman–Crippen MR) is 87.1 cm³/mol. The fraction of sp³-hybridized carbons (Fsp3) is 0.733. The minimum absolute atomic E-state index is 0.201. The number of ether oxygens (including phenoxy) is 1. The second-order valence-electron chi connectivity index (χ2n) is 6.08. The Balaban J connectivity index is 1.54. The molecule has 1 aromatic heterocycles. The second-order valence-corrected chi connectivity index (χ2v) is 7.20. The van der Waals surface area contributed by atoms with Crippen LogP contribution in [0.25, 0.3) is 0 Å². The molecule has 3 rings (SSSR count). The number of nitrogens with zero attached hydrogens (tertiary/aromatic N) is 2. The van der Waals surface area contributed by atoms with Gasteiger partial charge in [-0.3, -0.25) is 0 Å². The molecule has 0 radical (unpaired) electrons. The summed E-state index contributed by atoms with van der Waals surface area (Å²) in [7, 11) is 1.46. The third kappa shape index (κ3) is 3.35. The lowest BCUT2D eigenvalue weighted by atomic mass is 9.96. The second kappa shape index (κ2) is 6.83. The summed E-state index contributed by atoms with van der Waals surface area (Å²) in [5.41, 5.74) is 6.97. The number of likely N-dealkylation sites (tertiary alicyclic amines) is 1. The van der Waals surface area contributed by atoms with Gasteiger partial charge in [0.05, 0.1) is 12.8 Å². The number of amides is 1. The van der Waals surface area contributed by atoms with Crippen LogP contribution in [0.1, 0.15) is 36.3 Å². The van der Waals surface area contributed by atoms with Crippen LogP contribution in [0.3, 0.4) is 0 Å². The number of carbonyl (C=O) groups excluding carboxylic acids is 1. The number of fused-ring (bicyclic) bond motifs is 1. The summed E-state index contributed by atoms with van der Waals surface area (Å²) < 4.78 is 4.90. The number of nitrogens with one attached hydrogen (secondary N) is 1. The van der Waals surface area contributed by atoms with Crippen molar-refractivity contribution in [2.45, 2.75) is 50.6 Å². The Labute approximate surface area is 135 Å². The van der Waals surface area contributed by atoms with Crippen molar-refractivity contribution in [3.63, 3.8) is 0 Å². The summed E-state index contributed by atoms with van der Waals surface area (Å²) >= 11 is 1.61. The molecule has 1 fully saturated rings. The molecule has 2 atom stereocenters. The van der Waals surface area contributed by atoms with E-state index in [1.165, 1.54) is 24.1 Å². The van der Waals surface area contributed by atoms with Crippen LogP contribution in [0.15, 0.2) is 0 Å². The molecule has 22 heavy (non-hydrogen) atoms. The van der Waals surface area contributed by atoms with Gasteiger partial charge >= 0.3 is 6.09 Å². The molecule has 0 saturated carbocycles. The predicted octanol–water partition coefficient (Wildman–Crippen LogP) is 1.79. The zero-order valence-corrected chi connectivity index (χ0v) is 13.8. The van der Waals surface area contributed by atoms with Crippen LogP contribution in [0.5, 0.6) is 0 Å². The number of methoxy groups -OCH3 is 1. The summed E-state index contributed by atoms with van der Waals surface area (Å²) in [4.78, 5) is 19.4. The topological polar surface area (TPSA) is 80.5 Å². The van der Waals surface area contributed by atoms with Crippen LogP contribution in [0, 0.1) is 0 Å². The molecule has 1 aliphatic carbocycles. The smallest absolute Gasteiger partial charge is 0.409 e. The third-order valence-electron chi connectivity index (χ3n) is 4.63. The molecule has 1 aromatic rings. The van der Waals surface area contributed by atoms with E-state index in [4.69, 9.17) is 10.5 Å². The number of thiazole rings is 1. The number of hydrogen-bond acceptors (Lipinski definition) is 6. The van der Waals surface area contributed by atoms with Crippen LogP contribution in [-0.2, 0) is 17.6 Å².